The van der Waals surface area contributed by atoms with Gasteiger partial charge in [-0.2, -0.15) is 0 Å². The fourth-order valence-corrected chi connectivity index (χ4v) is 1.14. The Bertz CT molecular complexity index is 363. The second-order valence-electron chi connectivity index (χ2n) is 3.49. The van der Waals surface area contributed by atoms with Gasteiger partial charge in [0.1, 0.15) is 23.6 Å². The van der Waals surface area contributed by atoms with Crippen LogP contribution in [0, 0.1) is 0 Å². The summed E-state index contributed by atoms with van der Waals surface area (Å²) in [4.78, 5) is 11.7. The first-order chi connectivity index (χ1) is 7.56. The average molecular weight is 226 g/mol. The van der Waals surface area contributed by atoms with Crippen LogP contribution in [0.1, 0.15) is 24.2 Å². The number of methoxy groups -OCH3 is 1. The van der Waals surface area contributed by atoms with Gasteiger partial charge in [0.05, 0.1) is 7.11 Å². The molecule has 3 nitrogen and oxygen atoms in total. The lowest BCUT2D eigenvalue weighted by molar-refractivity contribution is 0.0153. The molecule has 0 heterocycles. The Hall–Kier alpha value is -1.58. The molecule has 4 heteroatoms. The van der Waals surface area contributed by atoms with Crippen LogP contribution in [0.25, 0.3) is 0 Å². The fraction of sp³-hybridized carbons (Fsp3) is 0.417. The molecule has 0 aliphatic carbocycles. The van der Waals surface area contributed by atoms with Crippen LogP contribution in [-0.2, 0) is 4.74 Å². The Balaban J connectivity index is 2.80. The monoisotopic (exact) mass is 226 g/mol. The molecule has 0 aliphatic rings. The van der Waals surface area contributed by atoms with Crippen molar-refractivity contribution < 1.29 is 18.7 Å². The van der Waals surface area contributed by atoms with Crippen LogP contribution in [0.3, 0.4) is 0 Å². The van der Waals surface area contributed by atoms with E-state index in [0.29, 0.717) is 11.3 Å². The predicted molar refractivity (Wildman–Crippen MR) is 58.4 cm³/mol. The Labute approximate surface area is 94.2 Å². The van der Waals surface area contributed by atoms with E-state index in [1.165, 1.54) is 21.0 Å². The van der Waals surface area contributed by atoms with Crippen LogP contribution >= 0.6 is 0 Å². The molecule has 0 spiro atoms. The second kappa shape index (κ2) is 5.49. The van der Waals surface area contributed by atoms with Gasteiger partial charge in [0.15, 0.2) is 0 Å². The molecule has 1 aromatic rings. The standard InChI is InChI=1S/C12H15FO3/c1-8(13)9(2)16-12(14)10-6-4-5-7-11(10)15-3/h4-9H,1-3H3/t8-,9+/m1/s1. The molecular weight excluding hydrogens is 211 g/mol. The number of alkyl halides is 1. The molecular formula is C12H15FO3. The van der Waals surface area contributed by atoms with Crippen molar-refractivity contribution in [2.75, 3.05) is 7.11 Å². The van der Waals surface area contributed by atoms with Crippen molar-refractivity contribution in [3.8, 4) is 5.75 Å². The molecule has 0 fully saturated rings. The first kappa shape index (κ1) is 12.5. The van der Waals surface area contributed by atoms with Crippen molar-refractivity contribution >= 4 is 5.97 Å². The number of carbonyl (C=O) groups excluding carboxylic acids is 1. The molecule has 0 N–H and O–H groups in total. The van der Waals surface area contributed by atoms with E-state index in [1.807, 2.05) is 0 Å². The molecule has 0 bridgehead atoms. The largest absolute Gasteiger partial charge is 0.496 e. The molecule has 0 amide bonds. The van der Waals surface area contributed by atoms with Gasteiger partial charge in [0.2, 0.25) is 0 Å². The zero-order valence-electron chi connectivity index (χ0n) is 9.57. The number of benzene rings is 1. The van der Waals surface area contributed by atoms with Gasteiger partial charge in [-0.05, 0) is 26.0 Å². The molecule has 0 unspecified atom stereocenters. The van der Waals surface area contributed by atoms with Gasteiger partial charge >= 0.3 is 5.97 Å². The van der Waals surface area contributed by atoms with E-state index in [4.69, 9.17) is 9.47 Å². The summed E-state index contributed by atoms with van der Waals surface area (Å²) in [5.74, 6) is -0.152. The van der Waals surface area contributed by atoms with Gasteiger partial charge in [-0.1, -0.05) is 12.1 Å². The van der Waals surface area contributed by atoms with E-state index < -0.39 is 18.2 Å². The fourth-order valence-electron chi connectivity index (χ4n) is 1.14. The van der Waals surface area contributed by atoms with Crippen molar-refractivity contribution in [3.63, 3.8) is 0 Å². The van der Waals surface area contributed by atoms with Crippen molar-refractivity contribution in [3.05, 3.63) is 29.8 Å². The normalized spacial score (nSPS) is 14.0. The predicted octanol–water partition coefficient (Wildman–Crippen LogP) is 2.60. The highest BCUT2D eigenvalue weighted by Gasteiger charge is 2.19. The maximum Gasteiger partial charge on any atom is 0.342 e. The molecule has 88 valence electrons. The Morgan fingerprint density at radius 2 is 1.94 bits per heavy atom. The highest BCUT2D eigenvalue weighted by molar-refractivity contribution is 5.92. The summed E-state index contributed by atoms with van der Waals surface area (Å²) in [6.45, 7) is 2.86. The van der Waals surface area contributed by atoms with E-state index in [9.17, 15) is 9.18 Å². The zero-order valence-corrected chi connectivity index (χ0v) is 9.57. The highest BCUT2D eigenvalue weighted by atomic mass is 19.1. The second-order valence-corrected chi connectivity index (χ2v) is 3.49. The summed E-state index contributed by atoms with van der Waals surface area (Å²) in [7, 11) is 1.47. The molecule has 0 aromatic heterocycles. The number of rotatable bonds is 4. The van der Waals surface area contributed by atoms with Crippen LogP contribution in [0.2, 0.25) is 0 Å². The van der Waals surface area contributed by atoms with Crippen LogP contribution in [0.4, 0.5) is 4.39 Å². The first-order valence-electron chi connectivity index (χ1n) is 5.04. The highest BCUT2D eigenvalue weighted by Crippen LogP contribution is 2.19. The Morgan fingerprint density at radius 3 is 2.50 bits per heavy atom. The lowest BCUT2D eigenvalue weighted by Crippen LogP contribution is -2.23. The molecule has 2 atom stereocenters. The number of esters is 1. The van der Waals surface area contributed by atoms with E-state index in [0.717, 1.165) is 0 Å². The smallest absolute Gasteiger partial charge is 0.342 e. The number of ether oxygens (including phenoxy) is 2. The number of carbonyl (C=O) groups is 1. The summed E-state index contributed by atoms with van der Waals surface area (Å²) < 4.78 is 22.8. The number of hydrogen-bond donors (Lipinski definition) is 0. The first-order valence-corrected chi connectivity index (χ1v) is 5.04. The average Bonchev–Trinajstić information content (AvgIpc) is 2.28. The van der Waals surface area contributed by atoms with Crippen LogP contribution in [-0.4, -0.2) is 25.4 Å². The van der Waals surface area contributed by atoms with Crippen molar-refractivity contribution in [2.24, 2.45) is 0 Å². The van der Waals surface area contributed by atoms with Gasteiger partial charge in [0.25, 0.3) is 0 Å². The summed E-state index contributed by atoms with van der Waals surface area (Å²) in [5, 5.41) is 0. The van der Waals surface area contributed by atoms with Crippen molar-refractivity contribution in [1.82, 2.24) is 0 Å². The number of hydrogen-bond acceptors (Lipinski definition) is 3. The quantitative estimate of drug-likeness (QED) is 0.740. The third-order valence-electron chi connectivity index (χ3n) is 2.27. The molecule has 0 radical (unpaired) electrons. The molecule has 1 rings (SSSR count). The molecule has 0 saturated heterocycles. The van der Waals surface area contributed by atoms with Crippen LogP contribution in [0.15, 0.2) is 24.3 Å². The summed E-state index contributed by atoms with van der Waals surface area (Å²) in [5.41, 5.74) is 0.303. The number of halogens is 1. The zero-order chi connectivity index (χ0) is 12.1. The Morgan fingerprint density at radius 1 is 1.31 bits per heavy atom. The summed E-state index contributed by atoms with van der Waals surface area (Å²) in [6, 6.07) is 6.68. The van der Waals surface area contributed by atoms with Gasteiger partial charge in [-0.3, -0.25) is 0 Å². The van der Waals surface area contributed by atoms with Gasteiger partial charge in [-0.25, -0.2) is 9.18 Å². The molecule has 1 aromatic carbocycles. The van der Waals surface area contributed by atoms with E-state index >= 15 is 0 Å². The van der Waals surface area contributed by atoms with Gasteiger partial charge in [0, 0.05) is 0 Å². The van der Waals surface area contributed by atoms with Gasteiger partial charge in [-0.15, -0.1) is 0 Å². The molecule has 0 saturated carbocycles. The minimum atomic E-state index is -1.20. The third-order valence-corrected chi connectivity index (χ3v) is 2.27. The van der Waals surface area contributed by atoms with Crippen molar-refractivity contribution in [2.45, 2.75) is 26.1 Å². The van der Waals surface area contributed by atoms with Crippen LogP contribution in [0.5, 0.6) is 5.75 Å². The minimum Gasteiger partial charge on any atom is -0.496 e. The SMILES string of the molecule is COc1ccccc1C(=O)O[C@@H](C)[C@@H](C)F. The number of para-hydroxylation sites is 1. The van der Waals surface area contributed by atoms with Gasteiger partial charge < -0.3 is 9.47 Å². The molecule has 16 heavy (non-hydrogen) atoms. The third kappa shape index (κ3) is 2.95. The van der Waals surface area contributed by atoms with E-state index in [2.05, 4.69) is 0 Å². The summed E-state index contributed by atoms with van der Waals surface area (Å²) in [6.07, 6.45) is -1.96. The van der Waals surface area contributed by atoms with E-state index in [1.54, 1.807) is 24.3 Å². The lowest BCUT2D eigenvalue weighted by Gasteiger charge is -2.15. The Kier molecular flexibility index (Phi) is 4.28. The van der Waals surface area contributed by atoms with Crippen molar-refractivity contribution in [1.29, 1.82) is 0 Å². The summed E-state index contributed by atoms with van der Waals surface area (Å²) >= 11 is 0. The lowest BCUT2D eigenvalue weighted by atomic mass is 10.2. The molecule has 0 aliphatic heterocycles. The van der Waals surface area contributed by atoms with E-state index in [-0.39, 0.29) is 0 Å². The maximum atomic E-state index is 12.8. The maximum absolute atomic E-state index is 12.8. The van der Waals surface area contributed by atoms with Crippen LogP contribution < -0.4 is 4.74 Å². The minimum absolute atomic E-state index is 0.303. The topological polar surface area (TPSA) is 35.5 Å².